The minimum Gasteiger partial charge on any atom is -0.349 e. The minimum absolute atomic E-state index is 0.00908. The molecule has 4 rings (SSSR count). The number of amides is 1. The summed E-state index contributed by atoms with van der Waals surface area (Å²) in [5.74, 6) is 0.618. The van der Waals surface area contributed by atoms with Crippen LogP contribution in [0.2, 0.25) is 0 Å². The van der Waals surface area contributed by atoms with Crippen LogP contribution in [0, 0.1) is 0 Å². The van der Waals surface area contributed by atoms with Gasteiger partial charge in [0.1, 0.15) is 6.33 Å². The van der Waals surface area contributed by atoms with Crippen molar-refractivity contribution in [2.45, 2.75) is 25.3 Å². The molecule has 1 unspecified atom stereocenters. The van der Waals surface area contributed by atoms with Crippen molar-refractivity contribution < 1.29 is 4.79 Å². The number of aromatic nitrogens is 4. The molecule has 0 saturated heterocycles. The number of carbonyl (C=O) groups excluding carboxylic acids is 1. The first-order chi connectivity index (χ1) is 11.7. The van der Waals surface area contributed by atoms with Crippen molar-refractivity contribution in [2.24, 2.45) is 0 Å². The fraction of sp³-hybridized carbons (Fsp3) is 0.250. The average Bonchev–Trinajstić information content (AvgIpc) is 3.27. The van der Waals surface area contributed by atoms with Crippen LogP contribution in [0.5, 0.6) is 0 Å². The van der Waals surface area contributed by atoms with Crippen molar-refractivity contribution in [3.05, 3.63) is 51.2 Å². The van der Waals surface area contributed by atoms with E-state index in [1.807, 2.05) is 11.4 Å². The number of benzene rings is 1. The summed E-state index contributed by atoms with van der Waals surface area (Å²) in [6.45, 7) is 0. The SMILES string of the molecule is O=C(Cc1csc(-c2ncn[nH]2)n1)NC1CCc2cc(Br)ccc21. The molecule has 0 fully saturated rings. The highest BCUT2D eigenvalue weighted by atomic mass is 79.9. The zero-order valence-electron chi connectivity index (χ0n) is 12.6. The minimum atomic E-state index is -0.00908. The topological polar surface area (TPSA) is 83.6 Å². The van der Waals surface area contributed by atoms with Gasteiger partial charge in [0.05, 0.1) is 18.2 Å². The van der Waals surface area contributed by atoms with Gasteiger partial charge in [0, 0.05) is 9.85 Å². The Morgan fingerprint density at radius 2 is 2.38 bits per heavy atom. The lowest BCUT2D eigenvalue weighted by atomic mass is 10.1. The van der Waals surface area contributed by atoms with Gasteiger partial charge in [-0.3, -0.25) is 9.89 Å². The van der Waals surface area contributed by atoms with E-state index >= 15 is 0 Å². The van der Waals surface area contributed by atoms with E-state index in [4.69, 9.17) is 0 Å². The van der Waals surface area contributed by atoms with Gasteiger partial charge in [-0.25, -0.2) is 9.97 Å². The highest BCUT2D eigenvalue weighted by molar-refractivity contribution is 9.10. The van der Waals surface area contributed by atoms with E-state index < -0.39 is 0 Å². The quantitative estimate of drug-likeness (QED) is 0.700. The summed E-state index contributed by atoms with van der Waals surface area (Å²) in [6, 6.07) is 6.33. The van der Waals surface area contributed by atoms with Crippen LogP contribution in [0.25, 0.3) is 10.8 Å². The summed E-state index contributed by atoms with van der Waals surface area (Å²) < 4.78 is 1.08. The van der Waals surface area contributed by atoms with Crippen molar-refractivity contribution >= 4 is 33.2 Å². The average molecular weight is 404 g/mol. The molecule has 24 heavy (non-hydrogen) atoms. The van der Waals surface area contributed by atoms with Gasteiger partial charge >= 0.3 is 0 Å². The van der Waals surface area contributed by atoms with Crippen LogP contribution in [0.3, 0.4) is 0 Å². The molecule has 1 aliphatic carbocycles. The first-order valence-corrected chi connectivity index (χ1v) is 9.24. The fourth-order valence-electron chi connectivity index (χ4n) is 2.95. The zero-order valence-corrected chi connectivity index (χ0v) is 15.0. The summed E-state index contributed by atoms with van der Waals surface area (Å²) in [4.78, 5) is 20.9. The summed E-state index contributed by atoms with van der Waals surface area (Å²) in [5, 5.41) is 12.3. The predicted octanol–water partition coefficient (Wildman–Crippen LogP) is 3.04. The molecule has 0 radical (unpaired) electrons. The van der Waals surface area contributed by atoms with E-state index in [9.17, 15) is 4.79 Å². The van der Waals surface area contributed by atoms with Crippen molar-refractivity contribution in [3.63, 3.8) is 0 Å². The van der Waals surface area contributed by atoms with Gasteiger partial charge in [0.15, 0.2) is 10.8 Å². The molecule has 3 aromatic rings. The molecule has 0 saturated carbocycles. The lowest BCUT2D eigenvalue weighted by Gasteiger charge is -2.13. The number of nitrogens with zero attached hydrogens (tertiary/aromatic N) is 3. The molecule has 2 heterocycles. The number of rotatable bonds is 4. The number of hydrogen-bond donors (Lipinski definition) is 2. The van der Waals surface area contributed by atoms with E-state index in [-0.39, 0.29) is 18.4 Å². The standard InChI is InChI=1S/C16H14BrN5OS/c17-10-2-3-12-9(5-10)1-4-13(12)21-14(23)6-11-7-24-16(20-11)15-18-8-19-22-15/h2-3,5,7-8,13H,1,4,6H2,(H,21,23)(H,18,19,22). The maximum Gasteiger partial charge on any atom is 0.226 e. The smallest absolute Gasteiger partial charge is 0.226 e. The summed E-state index contributed by atoms with van der Waals surface area (Å²) in [6.07, 6.45) is 3.65. The van der Waals surface area contributed by atoms with Crippen LogP contribution >= 0.6 is 27.3 Å². The second-order valence-electron chi connectivity index (χ2n) is 5.66. The van der Waals surface area contributed by atoms with Gasteiger partial charge in [-0.1, -0.05) is 22.0 Å². The number of thiazole rings is 1. The van der Waals surface area contributed by atoms with Gasteiger partial charge in [-0.05, 0) is 36.1 Å². The Kier molecular flexibility index (Phi) is 4.15. The predicted molar refractivity (Wildman–Crippen MR) is 94.5 cm³/mol. The molecule has 2 N–H and O–H groups in total. The van der Waals surface area contributed by atoms with Crippen LogP contribution in [0.4, 0.5) is 0 Å². The Hall–Kier alpha value is -2.06. The van der Waals surface area contributed by atoms with Crippen LogP contribution < -0.4 is 5.32 Å². The van der Waals surface area contributed by atoms with Crippen molar-refractivity contribution in [2.75, 3.05) is 0 Å². The number of nitrogens with one attached hydrogen (secondary N) is 2. The second kappa shape index (κ2) is 6.45. The van der Waals surface area contributed by atoms with E-state index in [0.717, 1.165) is 28.0 Å². The largest absolute Gasteiger partial charge is 0.349 e. The van der Waals surface area contributed by atoms with Crippen LogP contribution in [-0.2, 0) is 17.6 Å². The first kappa shape index (κ1) is 15.5. The van der Waals surface area contributed by atoms with Crippen LogP contribution in [0.1, 0.15) is 29.3 Å². The van der Waals surface area contributed by atoms with Gasteiger partial charge in [-0.2, -0.15) is 5.10 Å². The van der Waals surface area contributed by atoms with E-state index in [1.54, 1.807) is 0 Å². The van der Waals surface area contributed by atoms with Gasteiger partial charge in [0.2, 0.25) is 5.91 Å². The number of fused-ring (bicyclic) bond motifs is 1. The number of halogens is 1. The molecule has 1 amide bonds. The maximum absolute atomic E-state index is 12.3. The van der Waals surface area contributed by atoms with Gasteiger partial charge in [-0.15, -0.1) is 11.3 Å². The number of hydrogen-bond acceptors (Lipinski definition) is 5. The van der Waals surface area contributed by atoms with E-state index in [2.05, 4.69) is 53.5 Å². The second-order valence-corrected chi connectivity index (χ2v) is 7.43. The maximum atomic E-state index is 12.3. The van der Waals surface area contributed by atoms with Crippen molar-refractivity contribution in [3.8, 4) is 10.8 Å². The molecular formula is C16H14BrN5OS. The molecule has 1 aliphatic rings. The molecular weight excluding hydrogens is 390 g/mol. The Morgan fingerprint density at radius 1 is 1.46 bits per heavy atom. The molecule has 0 bridgehead atoms. The lowest BCUT2D eigenvalue weighted by Crippen LogP contribution is -2.28. The molecule has 0 spiro atoms. The van der Waals surface area contributed by atoms with Crippen LogP contribution in [-0.4, -0.2) is 26.1 Å². The van der Waals surface area contributed by atoms with Crippen molar-refractivity contribution in [1.82, 2.24) is 25.5 Å². The monoisotopic (exact) mass is 403 g/mol. The third-order valence-electron chi connectivity index (χ3n) is 4.03. The molecule has 1 atom stereocenters. The number of carbonyl (C=O) groups is 1. The number of aryl methyl sites for hydroxylation is 1. The Bertz CT molecular complexity index is 876. The summed E-state index contributed by atoms with van der Waals surface area (Å²) in [7, 11) is 0. The van der Waals surface area contributed by atoms with E-state index in [1.165, 1.54) is 28.8 Å². The van der Waals surface area contributed by atoms with E-state index in [0.29, 0.717) is 5.82 Å². The third kappa shape index (κ3) is 3.11. The first-order valence-electron chi connectivity index (χ1n) is 7.57. The molecule has 0 aliphatic heterocycles. The fourth-order valence-corrected chi connectivity index (χ4v) is 4.12. The molecule has 122 valence electrons. The molecule has 6 nitrogen and oxygen atoms in total. The highest BCUT2D eigenvalue weighted by Crippen LogP contribution is 2.33. The lowest BCUT2D eigenvalue weighted by molar-refractivity contribution is -0.121. The molecule has 1 aromatic carbocycles. The Balaban J connectivity index is 1.41. The zero-order chi connectivity index (χ0) is 16.5. The number of aromatic amines is 1. The summed E-state index contributed by atoms with van der Waals surface area (Å²) >= 11 is 4.94. The molecule has 2 aromatic heterocycles. The summed E-state index contributed by atoms with van der Waals surface area (Å²) in [5.41, 5.74) is 3.26. The highest BCUT2D eigenvalue weighted by Gasteiger charge is 2.24. The van der Waals surface area contributed by atoms with Crippen molar-refractivity contribution in [1.29, 1.82) is 0 Å². The normalized spacial score (nSPS) is 16.1. The van der Waals surface area contributed by atoms with Gasteiger partial charge < -0.3 is 5.32 Å². The molecule has 8 heteroatoms. The Labute approximate surface area is 150 Å². The third-order valence-corrected chi connectivity index (χ3v) is 5.42. The Morgan fingerprint density at radius 3 is 3.21 bits per heavy atom. The van der Waals surface area contributed by atoms with Crippen LogP contribution in [0.15, 0.2) is 34.4 Å². The number of H-pyrrole nitrogens is 1. The van der Waals surface area contributed by atoms with Gasteiger partial charge in [0.25, 0.3) is 0 Å².